The van der Waals surface area contributed by atoms with Crippen LogP contribution in [-0.2, 0) is 0 Å². The first-order chi connectivity index (χ1) is 10.8. The van der Waals surface area contributed by atoms with E-state index in [2.05, 4.69) is 74.2 Å². The minimum atomic E-state index is 1.04. The minimum absolute atomic E-state index is 1.04. The van der Waals surface area contributed by atoms with Crippen molar-refractivity contribution >= 4 is 5.69 Å². The van der Waals surface area contributed by atoms with E-state index in [4.69, 9.17) is 0 Å². The van der Waals surface area contributed by atoms with Gasteiger partial charge in [-0.1, -0.05) is 75.7 Å². The molecule has 122 valence electrons. The predicted molar refractivity (Wildman–Crippen MR) is 103 cm³/mol. The third-order valence-electron chi connectivity index (χ3n) is 3.37. The Morgan fingerprint density at radius 3 is 1.73 bits per heavy atom. The number of rotatable bonds is 4. The van der Waals surface area contributed by atoms with E-state index >= 15 is 0 Å². The molecule has 0 aliphatic carbocycles. The highest BCUT2D eigenvalue weighted by atomic mass is 15.1. The van der Waals surface area contributed by atoms with Crippen LogP contribution in [0.2, 0.25) is 0 Å². The first-order valence-electron chi connectivity index (χ1n) is 8.67. The van der Waals surface area contributed by atoms with Crippen LogP contribution in [0.1, 0.15) is 47.1 Å². The van der Waals surface area contributed by atoms with E-state index in [0.717, 1.165) is 13.1 Å². The van der Waals surface area contributed by atoms with Gasteiger partial charge in [0.2, 0.25) is 0 Å². The Hall–Kier alpha value is -1.76. The number of hydrogen-bond donors (Lipinski definition) is 0. The zero-order valence-electron chi connectivity index (χ0n) is 15.5. The Labute approximate surface area is 138 Å². The lowest BCUT2D eigenvalue weighted by Gasteiger charge is -2.24. The third-order valence-corrected chi connectivity index (χ3v) is 3.37. The quantitative estimate of drug-likeness (QED) is 0.618. The van der Waals surface area contributed by atoms with Gasteiger partial charge in [0, 0.05) is 24.3 Å². The average molecular weight is 300 g/mol. The molecule has 0 bridgehead atoms. The lowest BCUT2D eigenvalue weighted by atomic mass is 10.0. The molecule has 2 rings (SSSR count). The monoisotopic (exact) mass is 299 g/mol. The van der Waals surface area contributed by atoms with Gasteiger partial charge in [-0.15, -0.1) is 0 Å². The number of para-hydroxylation sites is 1. The van der Waals surface area contributed by atoms with Crippen molar-refractivity contribution in [3.05, 3.63) is 54.1 Å². The van der Waals surface area contributed by atoms with Crippen LogP contribution in [0.15, 0.2) is 48.5 Å². The van der Waals surface area contributed by atoms with Gasteiger partial charge in [0.25, 0.3) is 0 Å². The molecule has 0 radical (unpaired) electrons. The van der Waals surface area contributed by atoms with Gasteiger partial charge in [-0.3, -0.25) is 0 Å². The summed E-state index contributed by atoms with van der Waals surface area (Å²) in [6, 6.07) is 17.4. The van der Waals surface area contributed by atoms with E-state index in [9.17, 15) is 0 Å². The van der Waals surface area contributed by atoms with Crippen LogP contribution in [0.3, 0.4) is 0 Å². The molecule has 1 nitrogen and oxygen atoms in total. The number of benzene rings is 2. The molecule has 0 spiro atoms. The number of anilines is 1. The van der Waals surface area contributed by atoms with Crippen LogP contribution in [-0.4, -0.2) is 13.1 Å². The van der Waals surface area contributed by atoms with E-state index in [1.54, 1.807) is 0 Å². The molecule has 0 saturated carbocycles. The number of nitrogens with zero attached hydrogens (tertiary/aromatic N) is 1. The molecule has 0 aliphatic rings. The number of hydrogen-bond acceptors (Lipinski definition) is 1. The molecule has 0 N–H and O–H groups in total. The van der Waals surface area contributed by atoms with Gasteiger partial charge in [-0.2, -0.15) is 0 Å². The molecule has 1 heteroatoms. The molecule has 0 fully saturated rings. The molecule has 0 heterocycles. The van der Waals surface area contributed by atoms with Crippen LogP contribution in [0.5, 0.6) is 0 Å². The highest BCUT2D eigenvalue weighted by Crippen LogP contribution is 2.30. The largest absolute Gasteiger partial charge is 0.372 e. The van der Waals surface area contributed by atoms with Crippen molar-refractivity contribution < 1.29 is 0 Å². The average Bonchev–Trinajstić information content (AvgIpc) is 2.61. The van der Waals surface area contributed by atoms with Gasteiger partial charge in [-0.05, 0) is 32.4 Å². The SMILES string of the molecule is CC.CC.CCN(CC)c1ccccc1-c1ccc(C)cc1. The Kier molecular flexibility index (Phi) is 10.9. The normalized spacial score (nSPS) is 9.05. The van der Waals surface area contributed by atoms with Gasteiger partial charge < -0.3 is 4.90 Å². The fraction of sp³-hybridized carbons (Fsp3) is 0.429. The topological polar surface area (TPSA) is 3.24 Å². The summed E-state index contributed by atoms with van der Waals surface area (Å²) < 4.78 is 0. The van der Waals surface area contributed by atoms with Crippen molar-refractivity contribution in [2.45, 2.75) is 48.5 Å². The van der Waals surface area contributed by atoms with E-state index in [-0.39, 0.29) is 0 Å². The second kappa shape index (κ2) is 11.9. The van der Waals surface area contributed by atoms with Crippen LogP contribution in [0, 0.1) is 6.92 Å². The molecular weight excluding hydrogens is 266 g/mol. The van der Waals surface area contributed by atoms with Gasteiger partial charge in [0.05, 0.1) is 0 Å². The summed E-state index contributed by atoms with van der Waals surface area (Å²) in [5.74, 6) is 0. The predicted octanol–water partition coefficient (Wildman–Crippen LogP) is 6.56. The molecule has 2 aromatic rings. The van der Waals surface area contributed by atoms with E-state index in [1.165, 1.54) is 22.4 Å². The fourth-order valence-corrected chi connectivity index (χ4v) is 2.29. The van der Waals surface area contributed by atoms with Gasteiger partial charge >= 0.3 is 0 Å². The maximum absolute atomic E-state index is 2.40. The second-order valence-corrected chi connectivity index (χ2v) is 4.56. The first-order valence-corrected chi connectivity index (χ1v) is 8.67. The van der Waals surface area contributed by atoms with Crippen LogP contribution < -0.4 is 4.90 Å². The van der Waals surface area contributed by atoms with Crippen LogP contribution >= 0.6 is 0 Å². The maximum Gasteiger partial charge on any atom is 0.0445 e. The van der Waals surface area contributed by atoms with Crippen molar-refractivity contribution in [2.75, 3.05) is 18.0 Å². The molecule has 0 amide bonds. The van der Waals surface area contributed by atoms with E-state index in [1.807, 2.05) is 27.7 Å². The summed E-state index contributed by atoms with van der Waals surface area (Å²) in [5, 5.41) is 0. The summed E-state index contributed by atoms with van der Waals surface area (Å²) >= 11 is 0. The van der Waals surface area contributed by atoms with E-state index in [0.29, 0.717) is 0 Å². The molecule has 0 saturated heterocycles. The first kappa shape index (κ1) is 20.2. The lowest BCUT2D eigenvalue weighted by Crippen LogP contribution is -2.22. The molecule has 22 heavy (non-hydrogen) atoms. The molecular formula is C21H33N. The highest BCUT2D eigenvalue weighted by Gasteiger charge is 2.08. The minimum Gasteiger partial charge on any atom is -0.372 e. The summed E-state index contributed by atoms with van der Waals surface area (Å²) in [4.78, 5) is 2.40. The van der Waals surface area contributed by atoms with Gasteiger partial charge in [-0.25, -0.2) is 0 Å². The molecule has 0 aliphatic heterocycles. The molecule has 2 aromatic carbocycles. The summed E-state index contributed by atoms with van der Waals surface area (Å²) in [6.45, 7) is 16.6. The Bertz CT molecular complexity index is 496. The maximum atomic E-state index is 2.40. The van der Waals surface area contributed by atoms with Crippen molar-refractivity contribution in [2.24, 2.45) is 0 Å². The van der Waals surface area contributed by atoms with Crippen molar-refractivity contribution in [3.63, 3.8) is 0 Å². The fourth-order valence-electron chi connectivity index (χ4n) is 2.29. The summed E-state index contributed by atoms with van der Waals surface area (Å²) in [7, 11) is 0. The Morgan fingerprint density at radius 2 is 1.23 bits per heavy atom. The lowest BCUT2D eigenvalue weighted by molar-refractivity contribution is 0.867. The zero-order chi connectivity index (χ0) is 17.0. The Balaban J connectivity index is 0.00000102. The summed E-state index contributed by atoms with van der Waals surface area (Å²) in [5.41, 5.74) is 5.25. The number of aryl methyl sites for hydroxylation is 1. The second-order valence-electron chi connectivity index (χ2n) is 4.56. The molecule has 0 aromatic heterocycles. The van der Waals surface area contributed by atoms with Crippen LogP contribution in [0.4, 0.5) is 5.69 Å². The van der Waals surface area contributed by atoms with E-state index < -0.39 is 0 Å². The van der Waals surface area contributed by atoms with Crippen molar-refractivity contribution in [3.8, 4) is 11.1 Å². The highest BCUT2D eigenvalue weighted by molar-refractivity contribution is 5.78. The van der Waals surface area contributed by atoms with Gasteiger partial charge in [0.15, 0.2) is 0 Å². The van der Waals surface area contributed by atoms with Gasteiger partial charge in [0.1, 0.15) is 0 Å². The standard InChI is InChI=1S/C17H21N.2C2H6/c1-4-18(5-2)17-9-7-6-8-16(17)15-12-10-14(3)11-13-15;2*1-2/h6-13H,4-5H2,1-3H3;2*1-2H3. The Morgan fingerprint density at radius 1 is 0.727 bits per heavy atom. The summed E-state index contributed by atoms with van der Waals surface area (Å²) in [6.07, 6.45) is 0. The smallest absolute Gasteiger partial charge is 0.0445 e. The van der Waals surface area contributed by atoms with Crippen LogP contribution in [0.25, 0.3) is 11.1 Å². The molecule has 0 unspecified atom stereocenters. The zero-order valence-corrected chi connectivity index (χ0v) is 15.5. The van der Waals surface area contributed by atoms with Crippen molar-refractivity contribution in [1.82, 2.24) is 0 Å². The van der Waals surface area contributed by atoms with Crippen molar-refractivity contribution in [1.29, 1.82) is 0 Å². The molecule has 0 atom stereocenters. The third kappa shape index (κ3) is 5.55.